The lowest BCUT2D eigenvalue weighted by atomic mass is 9.85. The van der Waals surface area contributed by atoms with Gasteiger partial charge in [0, 0.05) is 0 Å². The molecule has 0 aliphatic carbocycles. The SMILES string of the molecule is CCNCCCc1ccc(C(C)(C)C)cc1C. The molecule has 1 N–H and O–H groups in total. The van der Waals surface area contributed by atoms with Crippen LogP contribution in [0.5, 0.6) is 0 Å². The minimum atomic E-state index is 0.257. The van der Waals surface area contributed by atoms with Crippen LogP contribution < -0.4 is 5.32 Å². The number of nitrogens with one attached hydrogen (secondary N) is 1. The Bertz CT molecular complexity index is 347. The highest BCUT2D eigenvalue weighted by Crippen LogP contribution is 2.24. The fourth-order valence-electron chi connectivity index (χ4n) is 2.02. The van der Waals surface area contributed by atoms with E-state index in [0.29, 0.717) is 0 Å². The van der Waals surface area contributed by atoms with Crippen LogP contribution in [0.3, 0.4) is 0 Å². The first-order valence-corrected chi connectivity index (χ1v) is 6.76. The topological polar surface area (TPSA) is 12.0 Å². The van der Waals surface area contributed by atoms with Gasteiger partial charge in [0.25, 0.3) is 0 Å². The molecule has 96 valence electrons. The summed E-state index contributed by atoms with van der Waals surface area (Å²) in [5.41, 5.74) is 4.63. The van der Waals surface area contributed by atoms with Crippen molar-refractivity contribution in [1.82, 2.24) is 5.32 Å². The van der Waals surface area contributed by atoms with Gasteiger partial charge in [-0.2, -0.15) is 0 Å². The summed E-state index contributed by atoms with van der Waals surface area (Å²) in [4.78, 5) is 0. The molecule has 1 aromatic rings. The maximum absolute atomic E-state index is 3.37. The van der Waals surface area contributed by atoms with Crippen molar-refractivity contribution in [3.05, 3.63) is 34.9 Å². The molecule has 0 atom stereocenters. The Balaban J connectivity index is 2.64. The van der Waals surface area contributed by atoms with E-state index >= 15 is 0 Å². The van der Waals surface area contributed by atoms with E-state index < -0.39 is 0 Å². The zero-order chi connectivity index (χ0) is 12.9. The van der Waals surface area contributed by atoms with E-state index in [2.05, 4.69) is 58.1 Å². The number of hydrogen-bond acceptors (Lipinski definition) is 1. The highest BCUT2D eigenvalue weighted by atomic mass is 14.8. The number of benzene rings is 1. The first-order chi connectivity index (χ1) is 7.95. The maximum atomic E-state index is 3.37. The van der Waals surface area contributed by atoms with Gasteiger partial charge in [0.2, 0.25) is 0 Å². The molecule has 0 fully saturated rings. The average molecular weight is 233 g/mol. The van der Waals surface area contributed by atoms with Gasteiger partial charge in [-0.25, -0.2) is 0 Å². The van der Waals surface area contributed by atoms with Gasteiger partial charge in [0.15, 0.2) is 0 Å². The summed E-state index contributed by atoms with van der Waals surface area (Å²) < 4.78 is 0. The predicted molar refractivity (Wildman–Crippen MR) is 76.7 cm³/mol. The summed E-state index contributed by atoms with van der Waals surface area (Å²) in [6, 6.07) is 6.94. The second-order valence-electron chi connectivity index (χ2n) is 5.85. The molecule has 0 unspecified atom stereocenters. The van der Waals surface area contributed by atoms with E-state index in [1.54, 1.807) is 0 Å². The largest absolute Gasteiger partial charge is 0.317 e. The number of rotatable bonds is 5. The third-order valence-corrected chi connectivity index (χ3v) is 3.26. The van der Waals surface area contributed by atoms with Gasteiger partial charge < -0.3 is 5.32 Å². The zero-order valence-corrected chi connectivity index (χ0v) is 12.1. The Kier molecular flexibility index (Phi) is 5.20. The predicted octanol–water partition coefficient (Wildman–Crippen LogP) is 3.83. The summed E-state index contributed by atoms with van der Waals surface area (Å²) in [6.45, 7) is 13.4. The van der Waals surface area contributed by atoms with Crippen molar-refractivity contribution in [2.75, 3.05) is 13.1 Å². The molecule has 17 heavy (non-hydrogen) atoms. The molecule has 0 saturated carbocycles. The van der Waals surface area contributed by atoms with Crippen LogP contribution in [0.1, 0.15) is 50.8 Å². The van der Waals surface area contributed by atoms with Crippen molar-refractivity contribution in [3.8, 4) is 0 Å². The maximum Gasteiger partial charge on any atom is -0.00459 e. The fraction of sp³-hybridized carbons (Fsp3) is 0.625. The Morgan fingerprint density at radius 2 is 1.88 bits per heavy atom. The molecular weight excluding hydrogens is 206 g/mol. The molecular formula is C16H27N. The number of hydrogen-bond donors (Lipinski definition) is 1. The molecule has 0 aliphatic heterocycles. The second-order valence-corrected chi connectivity index (χ2v) is 5.85. The first kappa shape index (κ1) is 14.2. The molecule has 0 saturated heterocycles. The van der Waals surface area contributed by atoms with E-state index in [4.69, 9.17) is 0 Å². The second kappa shape index (κ2) is 6.20. The molecule has 0 heterocycles. The van der Waals surface area contributed by atoms with Crippen LogP contribution in [0.15, 0.2) is 18.2 Å². The lowest BCUT2D eigenvalue weighted by Gasteiger charge is -2.20. The molecule has 1 nitrogen and oxygen atoms in total. The number of aryl methyl sites for hydroxylation is 2. The highest BCUT2D eigenvalue weighted by Gasteiger charge is 2.14. The van der Waals surface area contributed by atoms with Crippen LogP contribution in [0.25, 0.3) is 0 Å². The molecule has 1 rings (SSSR count). The standard InChI is InChI=1S/C16H27N/c1-6-17-11-7-8-14-9-10-15(12-13(14)2)16(3,4)5/h9-10,12,17H,6-8,11H2,1-5H3. The highest BCUT2D eigenvalue weighted by molar-refractivity contribution is 5.34. The van der Waals surface area contributed by atoms with Crippen molar-refractivity contribution in [2.24, 2.45) is 0 Å². The Morgan fingerprint density at radius 1 is 1.18 bits per heavy atom. The van der Waals surface area contributed by atoms with Crippen molar-refractivity contribution in [1.29, 1.82) is 0 Å². The molecule has 1 aromatic carbocycles. The van der Waals surface area contributed by atoms with E-state index in [9.17, 15) is 0 Å². The summed E-state index contributed by atoms with van der Waals surface area (Å²) in [6.07, 6.45) is 2.41. The normalized spacial score (nSPS) is 11.8. The van der Waals surface area contributed by atoms with Crippen LogP contribution in [0.4, 0.5) is 0 Å². The van der Waals surface area contributed by atoms with Gasteiger partial charge in [-0.1, -0.05) is 45.9 Å². The van der Waals surface area contributed by atoms with E-state index in [1.165, 1.54) is 29.5 Å². The summed E-state index contributed by atoms with van der Waals surface area (Å²) in [7, 11) is 0. The summed E-state index contributed by atoms with van der Waals surface area (Å²) in [5.74, 6) is 0. The lowest BCUT2D eigenvalue weighted by Crippen LogP contribution is -2.15. The van der Waals surface area contributed by atoms with Gasteiger partial charge in [0.05, 0.1) is 0 Å². The minimum absolute atomic E-state index is 0.257. The minimum Gasteiger partial charge on any atom is -0.317 e. The molecule has 0 spiro atoms. The molecule has 0 amide bonds. The summed E-state index contributed by atoms with van der Waals surface area (Å²) in [5, 5.41) is 3.37. The van der Waals surface area contributed by atoms with Crippen molar-refractivity contribution < 1.29 is 0 Å². The third-order valence-electron chi connectivity index (χ3n) is 3.26. The van der Waals surface area contributed by atoms with Crippen LogP contribution in [-0.2, 0) is 11.8 Å². The van der Waals surface area contributed by atoms with E-state index in [-0.39, 0.29) is 5.41 Å². The molecule has 0 radical (unpaired) electrons. The Labute approximate surface area is 107 Å². The van der Waals surface area contributed by atoms with Crippen molar-refractivity contribution in [3.63, 3.8) is 0 Å². The monoisotopic (exact) mass is 233 g/mol. The smallest absolute Gasteiger partial charge is 0.00459 e. The molecule has 1 heteroatoms. The first-order valence-electron chi connectivity index (χ1n) is 6.76. The van der Waals surface area contributed by atoms with E-state index in [0.717, 1.165) is 13.1 Å². The van der Waals surface area contributed by atoms with Crippen LogP contribution in [-0.4, -0.2) is 13.1 Å². The van der Waals surface area contributed by atoms with Crippen LogP contribution >= 0.6 is 0 Å². The zero-order valence-electron chi connectivity index (χ0n) is 12.1. The quantitative estimate of drug-likeness (QED) is 0.762. The van der Waals surface area contributed by atoms with Gasteiger partial charge in [-0.3, -0.25) is 0 Å². The van der Waals surface area contributed by atoms with Gasteiger partial charge in [-0.15, -0.1) is 0 Å². The van der Waals surface area contributed by atoms with Gasteiger partial charge in [0.1, 0.15) is 0 Å². The van der Waals surface area contributed by atoms with E-state index in [1.807, 2.05) is 0 Å². The lowest BCUT2D eigenvalue weighted by molar-refractivity contribution is 0.589. The molecule has 0 aliphatic rings. The average Bonchev–Trinajstić information content (AvgIpc) is 2.24. The van der Waals surface area contributed by atoms with Gasteiger partial charge >= 0.3 is 0 Å². The fourth-order valence-corrected chi connectivity index (χ4v) is 2.02. The van der Waals surface area contributed by atoms with Crippen molar-refractivity contribution >= 4 is 0 Å². The Hall–Kier alpha value is -0.820. The van der Waals surface area contributed by atoms with Crippen LogP contribution in [0.2, 0.25) is 0 Å². The van der Waals surface area contributed by atoms with Crippen molar-refractivity contribution in [2.45, 2.75) is 52.9 Å². The van der Waals surface area contributed by atoms with Crippen LogP contribution in [0, 0.1) is 6.92 Å². The molecule has 0 aromatic heterocycles. The van der Waals surface area contributed by atoms with Gasteiger partial charge in [-0.05, 0) is 55.0 Å². The Morgan fingerprint density at radius 3 is 2.41 bits per heavy atom. The summed E-state index contributed by atoms with van der Waals surface area (Å²) >= 11 is 0. The molecule has 0 bridgehead atoms. The third kappa shape index (κ3) is 4.51.